The molecule has 5 heterocycles. The van der Waals surface area contributed by atoms with Gasteiger partial charge in [-0.25, -0.2) is 4.98 Å². The average Bonchev–Trinajstić information content (AvgIpc) is 3.60. The number of thiophene rings is 1. The zero-order valence-electron chi connectivity index (χ0n) is 19.2. The van der Waals surface area contributed by atoms with Gasteiger partial charge in [0, 0.05) is 31.4 Å². The fourth-order valence-electron chi connectivity index (χ4n) is 4.72. The van der Waals surface area contributed by atoms with E-state index in [9.17, 15) is 4.79 Å². The van der Waals surface area contributed by atoms with Gasteiger partial charge in [-0.2, -0.15) is 5.10 Å². The Balaban J connectivity index is 1.13. The van der Waals surface area contributed by atoms with E-state index in [2.05, 4.69) is 47.9 Å². The molecule has 0 atom stereocenters. The molecule has 1 aromatic carbocycles. The van der Waals surface area contributed by atoms with Crippen molar-refractivity contribution in [1.29, 1.82) is 0 Å². The van der Waals surface area contributed by atoms with Crippen LogP contribution in [-0.2, 0) is 13.1 Å². The van der Waals surface area contributed by atoms with E-state index >= 15 is 0 Å². The maximum Gasteiger partial charge on any atom is 0.277 e. The molecule has 182 valence electrons. The molecule has 6 rings (SSSR count). The second kappa shape index (κ2) is 10.3. The molecule has 3 aromatic heterocycles. The third kappa shape index (κ3) is 5.24. The van der Waals surface area contributed by atoms with E-state index in [0.29, 0.717) is 16.9 Å². The summed E-state index contributed by atoms with van der Waals surface area (Å²) in [5.41, 5.74) is 3.46. The Morgan fingerprint density at radius 1 is 1.17 bits per heavy atom. The number of thiazole rings is 1. The Morgan fingerprint density at radius 2 is 2.09 bits per heavy atom. The Bertz CT molecular complexity index is 1310. The molecule has 11 heteroatoms. The fourth-order valence-corrected chi connectivity index (χ4v) is 7.04. The molecule has 0 spiro atoms. The number of anilines is 2. The van der Waals surface area contributed by atoms with Crippen LogP contribution in [0.4, 0.5) is 10.8 Å². The van der Waals surface area contributed by atoms with E-state index in [4.69, 9.17) is 0 Å². The Kier molecular flexibility index (Phi) is 6.75. The van der Waals surface area contributed by atoms with Crippen LogP contribution in [0, 0.1) is 0 Å². The van der Waals surface area contributed by atoms with Gasteiger partial charge in [0.2, 0.25) is 0 Å². The molecule has 0 radical (unpaired) electrons. The number of hydrogen-bond donors (Lipinski definition) is 3. The molecule has 1 saturated heterocycles. The minimum absolute atomic E-state index is 0.204. The van der Waals surface area contributed by atoms with E-state index in [1.54, 1.807) is 23.3 Å². The van der Waals surface area contributed by atoms with E-state index in [1.165, 1.54) is 28.4 Å². The molecule has 0 saturated carbocycles. The lowest BCUT2D eigenvalue weighted by molar-refractivity contribution is 0.102. The number of benzene rings is 1. The number of aromatic nitrogens is 3. The summed E-state index contributed by atoms with van der Waals surface area (Å²) in [6.07, 6.45) is 3.42. The number of nitrogens with zero attached hydrogens (tertiary/aromatic N) is 4. The molecule has 8 nitrogen and oxygen atoms in total. The van der Waals surface area contributed by atoms with E-state index in [0.717, 1.165) is 60.7 Å². The first-order valence-corrected chi connectivity index (χ1v) is 14.4. The molecule has 35 heavy (non-hydrogen) atoms. The molecule has 4 aromatic rings. The monoisotopic (exact) mass is 525 g/mol. The van der Waals surface area contributed by atoms with Gasteiger partial charge in [0.15, 0.2) is 10.8 Å². The summed E-state index contributed by atoms with van der Waals surface area (Å²) < 4.78 is 7.62. The summed E-state index contributed by atoms with van der Waals surface area (Å²) in [4.78, 5) is 20.2. The first-order valence-electron chi connectivity index (χ1n) is 11.9. The van der Waals surface area contributed by atoms with Crippen LogP contribution in [0.1, 0.15) is 35.4 Å². The van der Waals surface area contributed by atoms with Crippen molar-refractivity contribution < 1.29 is 4.79 Å². The second-order valence-corrected chi connectivity index (χ2v) is 11.9. The van der Waals surface area contributed by atoms with Gasteiger partial charge in [0.1, 0.15) is 0 Å². The van der Waals surface area contributed by atoms with Crippen LogP contribution in [0.5, 0.6) is 0 Å². The molecule has 2 aliphatic rings. The SMILES string of the molecule is O=C(Nc1nc2ccc(NSc3cccs3)cc2s1)c1cc2n(n1)CCCN(C1CCNCC1)C2. The Hall–Kier alpha value is -2.44. The topological polar surface area (TPSA) is 87.1 Å². The summed E-state index contributed by atoms with van der Waals surface area (Å²) in [5, 5.41) is 13.7. The zero-order chi connectivity index (χ0) is 23.6. The molecule has 0 unspecified atom stereocenters. The van der Waals surface area contributed by atoms with Gasteiger partial charge in [-0.1, -0.05) is 17.4 Å². The maximum atomic E-state index is 13.0. The highest BCUT2D eigenvalue weighted by molar-refractivity contribution is 8.02. The predicted octanol–water partition coefficient (Wildman–Crippen LogP) is 4.88. The number of piperidine rings is 1. The van der Waals surface area contributed by atoms with Gasteiger partial charge < -0.3 is 10.0 Å². The number of carbonyl (C=O) groups is 1. The third-order valence-corrected chi connectivity index (χ3v) is 9.28. The molecule has 1 fully saturated rings. The van der Waals surface area contributed by atoms with Crippen molar-refractivity contribution in [2.45, 2.75) is 42.6 Å². The van der Waals surface area contributed by atoms with Crippen LogP contribution in [0.25, 0.3) is 10.2 Å². The van der Waals surface area contributed by atoms with Crippen molar-refractivity contribution in [3.63, 3.8) is 0 Å². The quantitative estimate of drug-likeness (QED) is 0.309. The first-order chi connectivity index (χ1) is 17.2. The third-order valence-electron chi connectivity index (χ3n) is 6.47. The molecule has 2 aliphatic heterocycles. The molecular formula is C24H27N7OS3. The minimum atomic E-state index is -0.204. The largest absolute Gasteiger partial charge is 0.325 e. The smallest absolute Gasteiger partial charge is 0.277 e. The number of carbonyl (C=O) groups excluding carboxylic acids is 1. The lowest BCUT2D eigenvalue weighted by atomic mass is 10.0. The van der Waals surface area contributed by atoms with Crippen molar-refractivity contribution in [2.75, 3.05) is 29.7 Å². The summed E-state index contributed by atoms with van der Waals surface area (Å²) in [6.45, 7) is 4.96. The summed E-state index contributed by atoms with van der Waals surface area (Å²) in [5.74, 6) is -0.204. The van der Waals surface area contributed by atoms with Crippen LogP contribution < -0.4 is 15.4 Å². The van der Waals surface area contributed by atoms with E-state index < -0.39 is 0 Å². The van der Waals surface area contributed by atoms with Gasteiger partial charge in [-0.05, 0) is 80.0 Å². The van der Waals surface area contributed by atoms with Crippen molar-refractivity contribution in [3.8, 4) is 0 Å². The number of aryl methyl sites for hydroxylation is 1. The maximum absolute atomic E-state index is 13.0. The second-order valence-electron chi connectivity index (χ2n) is 8.84. The van der Waals surface area contributed by atoms with Crippen LogP contribution in [-0.4, -0.2) is 51.2 Å². The fraction of sp³-hybridized carbons (Fsp3) is 0.375. The highest BCUT2D eigenvalue weighted by Crippen LogP contribution is 2.31. The molecule has 1 amide bonds. The van der Waals surface area contributed by atoms with Crippen molar-refractivity contribution >= 4 is 61.6 Å². The van der Waals surface area contributed by atoms with Gasteiger partial charge in [-0.3, -0.25) is 19.7 Å². The zero-order valence-corrected chi connectivity index (χ0v) is 21.6. The number of rotatable bonds is 6. The minimum Gasteiger partial charge on any atom is -0.325 e. The van der Waals surface area contributed by atoms with Gasteiger partial charge in [0.05, 0.1) is 20.1 Å². The Labute approximate surface area is 216 Å². The normalized spacial score (nSPS) is 17.3. The molecule has 0 bridgehead atoms. The number of amides is 1. The van der Waals surface area contributed by atoms with Crippen LogP contribution >= 0.6 is 34.6 Å². The first kappa shape index (κ1) is 23.0. The van der Waals surface area contributed by atoms with Gasteiger partial charge in [0.25, 0.3) is 5.91 Å². The van der Waals surface area contributed by atoms with Gasteiger partial charge >= 0.3 is 0 Å². The number of nitrogens with one attached hydrogen (secondary N) is 3. The van der Waals surface area contributed by atoms with E-state index in [1.807, 2.05) is 28.9 Å². The van der Waals surface area contributed by atoms with Crippen molar-refractivity contribution in [2.24, 2.45) is 0 Å². The summed E-state index contributed by atoms with van der Waals surface area (Å²) in [7, 11) is 0. The van der Waals surface area contributed by atoms with Crippen LogP contribution in [0.3, 0.4) is 0 Å². The number of hydrogen-bond acceptors (Lipinski definition) is 9. The standard InChI is InChI=1S/C24H27N7OS3/c32-23(20-14-18-15-30(10-2-11-31(18)28-20)17-6-8-25-9-7-17)27-24-26-19-5-4-16(13-21(19)34-24)29-35-22-3-1-12-33-22/h1,3-5,12-14,17,25,29H,2,6-11,15H2,(H,26,27,32). The van der Waals surface area contributed by atoms with Gasteiger partial charge in [-0.15, -0.1) is 11.3 Å². The van der Waals surface area contributed by atoms with Crippen molar-refractivity contribution in [1.82, 2.24) is 25.0 Å². The lowest BCUT2D eigenvalue weighted by Crippen LogP contribution is -2.42. The molecule has 0 aliphatic carbocycles. The van der Waals surface area contributed by atoms with Crippen molar-refractivity contribution in [3.05, 3.63) is 53.2 Å². The highest BCUT2D eigenvalue weighted by atomic mass is 32.2. The molecule has 3 N–H and O–H groups in total. The predicted molar refractivity (Wildman–Crippen MR) is 145 cm³/mol. The highest BCUT2D eigenvalue weighted by Gasteiger charge is 2.25. The average molecular weight is 526 g/mol. The molecular weight excluding hydrogens is 499 g/mol. The van der Waals surface area contributed by atoms with E-state index in [-0.39, 0.29) is 5.91 Å². The van der Waals surface area contributed by atoms with Crippen LogP contribution in [0.2, 0.25) is 0 Å². The van der Waals surface area contributed by atoms with Crippen LogP contribution in [0.15, 0.2) is 46.0 Å². The summed E-state index contributed by atoms with van der Waals surface area (Å²) in [6, 6.07) is 12.7. The lowest BCUT2D eigenvalue weighted by Gasteiger charge is -2.33. The number of fused-ring (bicyclic) bond motifs is 2. The Morgan fingerprint density at radius 3 is 2.94 bits per heavy atom. The summed E-state index contributed by atoms with van der Waals surface area (Å²) >= 11 is 4.77.